The molecule has 0 spiro atoms. The van der Waals surface area contributed by atoms with E-state index in [1.54, 1.807) is 0 Å². The van der Waals surface area contributed by atoms with Crippen molar-refractivity contribution < 1.29 is 9.63 Å². The van der Waals surface area contributed by atoms with Crippen LogP contribution in [0.4, 0.5) is 0 Å². The standard InChI is InChI=1S/C14H17NO2S/c1-10-14(11(2)17-15-10)9-18-8-13-5-3-12(7-16)4-6-13/h3-6,16H,7-9H2,1-2H3. The van der Waals surface area contributed by atoms with Gasteiger partial charge in [-0.05, 0) is 25.0 Å². The average molecular weight is 263 g/mol. The number of hydrogen-bond donors (Lipinski definition) is 1. The first-order valence-electron chi connectivity index (χ1n) is 5.89. The van der Waals surface area contributed by atoms with Crippen molar-refractivity contribution >= 4 is 11.8 Å². The van der Waals surface area contributed by atoms with E-state index in [1.807, 2.05) is 37.7 Å². The van der Waals surface area contributed by atoms with Crippen LogP contribution in [-0.4, -0.2) is 10.3 Å². The summed E-state index contributed by atoms with van der Waals surface area (Å²) in [6.45, 7) is 4.03. The summed E-state index contributed by atoms with van der Waals surface area (Å²) in [6, 6.07) is 8.05. The quantitative estimate of drug-likeness (QED) is 0.899. The highest BCUT2D eigenvalue weighted by molar-refractivity contribution is 7.97. The molecule has 96 valence electrons. The first kappa shape index (κ1) is 13.2. The van der Waals surface area contributed by atoms with Gasteiger partial charge in [0, 0.05) is 17.1 Å². The topological polar surface area (TPSA) is 46.3 Å². The Kier molecular flexibility index (Phi) is 4.44. The van der Waals surface area contributed by atoms with E-state index in [9.17, 15) is 0 Å². The molecule has 1 aromatic carbocycles. The molecule has 0 radical (unpaired) electrons. The maximum absolute atomic E-state index is 8.97. The Morgan fingerprint density at radius 2 is 1.78 bits per heavy atom. The average Bonchev–Trinajstić information content (AvgIpc) is 2.71. The zero-order valence-electron chi connectivity index (χ0n) is 10.6. The second-order valence-electron chi connectivity index (χ2n) is 4.27. The van der Waals surface area contributed by atoms with E-state index in [0.29, 0.717) is 0 Å². The zero-order valence-corrected chi connectivity index (χ0v) is 11.5. The molecule has 0 aliphatic heterocycles. The number of aryl methyl sites for hydroxylation is 2. The van der Waals surface area contributed by atoms with Crippen LogP contribution in [0.3, 0.4) is 0 Å². The Morgan fingerprint density at radius 1 is 1.11 bits per heavy atom. The minimum Gasteiger partial charge on any atom is -0.392 e. The van der Waals surface area contributed by atoms with Crippen molar-refractivity contribution in [3.05, 3.63) is 52.4 Å². The van der Waals surface area contributed by atoms with Crippen molar-refractivity contribution in [1.82, 2.24) is 5.16 Å². The largest absolute Gasteiger partial charge is 0.392 e. The van der Waals surface area contributed by atoms with Crippen LogP contribution in [0.2, 0.25) is 0 Å². The molecule has 0 amide bonds. The number of aromatic nitrogens is 1. The van der Waals surface area contributed by atoms with Crippen LogP contribution in [0.5, 0.6) is 0 Å². The minimum absolute atomic E-state index is 0.104. The number of benzene rings is 1. The lowest BCUT2D eigenvalue weighted by molar-refractivity contribution is 0.282. The van der Waals surface area contributed by atoms with E-state index in [0.717, 1.165) is 28.5 Å². The molecule has 2 rings (SSSR count). The molecule has 0 fully saturated rings. The predicted molar refractivity (Wildman–Crippen MR) is 73.3 cm³/mol. The van der Waals surface area contributed by atoms with Gasteiger partial charge in [0.15, 0.2) is 0 Å². The van der Waals surface area contributed by atoms with E-state index >= 15 is 0 Å². The molecule has 3 nitrogen and oxygen atoms in total. The summed E-state index contributed by atoms with van der Waals surface area (Å²) < 4.78 is 5.14. The van der Waals surface area contributed by atoms with Gasteiger partial charge < -0.3 is 9.63 Å². The molecule has 0 aliphatic carbocycles. The van der Waals surface area contributed by atoms with Gasteiger partial charge in [-0.2, -0.15) is 11.8 Å². The molecule has 0 saturated carbocycles. The van der Waals surface area contributed by atoms with Gasteiger partial charge in [0.05, 0.1) is 12.3 Å². The van der Waals surface area contributed by atoms with Gasteiger partial charge in [-0.1, -0.05) is 29.4 Å². The Hall–Kier alpha value is -1.26. The van der Waals surface area contributed by atoms with Crippen LogP contribution in [-0.2, 0) is 18.1 Å². The summed E-state index contributed by atoms with van der Waals surface area (Å²) in [7, 11) is 0. The predicted octanol–water partition coefficient (Wildman–Crippen LogP) is 3.22. The SMILES string of the molecule is Cc1noc(C)c1CSCc1ccc(CO)cc1. The van der Waals surface area contributed by atoms with Crippen molar-refractivity contribution in [3.63, 3.8) is 0 Å². The molecule has 2 aromatic rings. The third-order valence-corrected chi connectivity index (χ3v) is 3.93. The van der Waals surface area contributed by atoms with Crippen LogP contribution in [0.1, 0.15) is 28.1 Å². The first-order valence-corrected chi connectivity index (χ1v) is 7.04. The number of thioether (sulfide) groups is 1. The van der Waals surface area contributed by atoms with Crippen molar-refractivity contribution in [2.24, 2.45) is 0 Å². The number of rotatable bonds is 5. The summed E-state index contributed by atoms with van der Waals surface area (Å²) >= 11 is 1.84. The summed E-state index contributed by atoms with van der Waals surface area (Å²) in [5, 5.41) is 12.9. The van der Waals surface area contributed by atoms with Gasteiger partial charge in [0.2, 0.25) is 0 Å². The highest BCUT2D eigenvalue weighted by Gasteiger charge is 2.08. The molecule has 4 heteroatoms. The zero-order chi connectivity index (χ0) is 13.0. The van der Waals surface area contributed by atoms with Crippen LogP contribution in [0.15, 0.2) is 28.8 Å². The van der Waals surface area contributed by atoms with Gasteiger partial charge in [-0.25, -0.2) is 0 Å². The molecule has 1 aromatic heterocycles. The van der Waals surface area contributed by atoms with E-state index in [2.05, 4.69) is 17.3 Å². The van der Waals surface area contributed by atoms with Gasteiger partial charge in [-0.3, -0.25) is 0 Å². The Morgan fingerprint density at radius 3 is 2.33 bits per heavy atom. The fraction of sp³-hybridized carbons (Fsp3) is 0.357. The molecular weight excluding hydrogens is 246 g/mol. The molecular formula is C14H17NO2S. The first-order chi connectivity index (χ1) is 8.70. The number of nitrogens with zero attached hydrogens (tertiary/aromatic N) is 1. The minimum atomic E-state index is 0.104. The third-order valence-electron chi connectivity index (χ3n) is 2.90. The van der Waals surface area contributed by atoms with Gasteiger partial charge in [0.1, 0.15) is 5.76 Å². The molecule has 18 heavy (non-hydrogen) atoms. The smallest absolute Gasteiger partial charge is 0.137 e. The van der Waals surface area contributed by atoms with Crippen molar-refractivity contribution in [2.45, 2.75) is 32.0 Å². The summed E-state index contributed by atoms with van der Waals surface area (Å²) in [5.41, 5.74) is 4.40. The molecule has 1 heterocycles. The number of hydrogen-bond acceptors (Lipinski definition) is 4. The normalized spacial score (nSPS) is 10.8. The Labute approximate surface area is 111 Å². The van der Waals surface area contributed by atoms with Crippen LogP contribution in [0.25, 0.3) is 0 Å². The van der Waals surface area contributed by atoms with E-state index in [4.69, 9.17) is 9.63 Å². The highest BCUT2D eigenvalue weighted by Crippen LogP contribution is 2.22. The monoisotopic (exact) mass is 263 g/mol. The van der Waals surface area contributed by atoms with Gasteiger partial charge in [-0.15, -0.1) is 0 Å². The molecule has 1 N–H and O–H groups in total. The van der Waals surface area contributed by atoms with E-state index in [-0.39, 0.29) is 6.61 Å². The Bertz CT molecular complexity index is 486. The van der Waals surface area contributed by atoms with Crippen molar-refractivity contribution in [1.29, 1.82) is 0 Å². The van der Waals surface area contributed by atoms with E-state index in [1.165, 1.54) is 11.1 Å². The molecule has 0 unspecified atom stereocenters. The van der Waals surface area contributed by atoms with Gasteiger partial charge >= 0.3 is 0 Å². The Balaban J connectivity index is 1.88. The van der Waals surface area contributed by atoms with Crippen LogP contribution >= 0.6 is 11.8 Å². The van der Waals surface area contributed by atoms with Crippen LogP contribution < -0.4 is 0 Å². The lowest BCUT2D eigenvalue weighted by Crippen LogP contribution is -1.88. The second kappa shape index (κ2) is 6.07. The van der Waals surface area contributed by atoms with Crippen LogP contribution in [0, 0.1) is 13.8 Å². The molecule has 0 saturated heterocycles. The fourth-order valence-corrected chi connectivity index (χ4v) is 2.87. The van der Waals surface area contributed by atoms with Gasteiger partial charge in [0.25, 0.3) is 0 Å². The number of aliphatic hydroxyl groups is 1. The summed E-state index contributed by atoms with van der Waals surface area (Å²) in [5.74, 6) is 2.79. The fourth-order valence-electron chi connectivity index (χ4n) is 1.72. The maximum atomic E-state index is 8.97. The summed E-state index contributed by atoms with van der Waals surface area (Å²) in [4.78, 5) is 0. The lowest BCUT2D eigenvalue weighted by atomic mass is 10.2. The highest BCUT2D eigenvalue weighted by atomic mass is 32.2. The molecule has 0 bridgehead atoms. The van der Waals surface area contributed by atoms with E-state index < -0.39 is 0 Å². The molecule has 0 aliphatic rings. The van der Waals surface area contributed by atoms with Crippen molar-refractivity contribution in [2.75, 3.05) is 0 Å². The maximum Gasteiger partial charge on any atom is 0.137 e. The molecule has 0 atom stereocenters. The number of aliphatic hydroxyl groups excluding tert-OH is 1. The second-order valence-corrected chi connectivity index (χ2v) is 5.26. The third kappa shape index (κ3) is 3.15. The lowest BCUT2D eigenvalue weighted by Gasteiger charge is -2.03. The van der Waals surface area contributed by atoms with Crippen molar-refractivity contribution in [3.8, 4) is 0 Å². The summed E-state index contributed by atoms with van der Waals surface area (Å²) in [6.07, 6.45) is 0.